The molecule has 0 radical (unpaired) electrons. The lowest BCUT2D eigenvalue weighted by Gasteiger charge is -2.01. The maximum Gasteiger partial charge on any atom is 0.0707 e. The quantitative estimate of drug-likeness (QED) is 0.631. The number of pyridine rings is 1. The van der Waals surface area contributed by atoms with Gasteiger partial charge in [0, 0.05) is 16.6 Å². The standard InChI is InChI=1S/C17H12ClN/c18-15-9-6-13(7-10-15)5-8-14-11-12-19-17-4-2-1-3-16(14)17/h1-12H/b8-5+. The molecule has 0 unspecified atom stereocenters. The van der Waals surface area contributed by atoms with E-state index in [0.29, 0.717) is 0 Å². The van der Waals surface area contributed by atoms with E-state index in [1.165, 1.54) is 5.56 Å². The molecular weight excluding hydrogens is 254 g/mol. The van der Waals surface area contributed by atoms with E-state index < -0.39 is 0 Å². The lowest BCUT2D eigenvalue weighted by atomic mass is 10.1. The molecule has 0 aliphatic rings. The third-order valence-electron chi connectivity index (χ3n) is 3.01. The number of aromatic nitrogens is 1. The van der Waals surface area contributed by atoms with E-state index >= 15 is 0 Å². The smallest absolute Gasteiger partial charge is 0.0707 e. The summed E-state index contributed by atoms with van der Waals surface area (Å²) in [6.07, 6.45) is 6.02. The molecule has 0 fully saturated rings. The fourth-order valence-electron chi connectivity index (χ4n) is 2.02. The number of fused-ring (bicyclic) bond motifs is 1. The van der Waals surface area contributed by atoms with E-state index in [1.54, 1.807) is 0 Å². The topological polar surface area (TPSA) is 12.9 Å². The maximum absolute atomic E-state index is 5.87. The van der Waals surface area contributed by atoms with E-state index in [9.17, 15) is 0 Å². The van der Waals surface area contributed by atoms with Crippen molar-refractivity contribution in [2.45, 2.75) is 0 Å². The normalized spacial score (nSPS) is 11.2. The molecule has 0 N–H and O–H groups in total. The molecule has 0 atom stereocenters. The molecule has 0 saturated carbocycles. The summed E-state index contributed by atoms with van der Waals surface area (Å²) in [6, 6.07) is 18.0. The highest BCUT2D eigenvalue weighted by atomic mass is 35.5. The third-order valence-corrected chi connectivity index (χ3v) is 3.26. The van der Waals surface area contributed by atoms with E-state index in [-0.39, 0.29) is 0 Å². The average Bonchev–Trinajstić information content (AvgIpc) is 2.47. The summed E-state index contributed by atoms with van der Waals surface area (Å²) in [4.78, 5) is 4.36. The number of para-hydroxylation sites is 1. The predicted octanol–water partition coefficient (Wildman–Crippen LogP) is 5.06. The lowest BCUT2D eigenvalue weighted by Crippen LogP contribution is -1.81. The van der Waals surface area contributed by atoms with E-state index in [1.807, 2.05) is 54.7 Å². The first-order valence-corrected chi connectivity index (χ1v) is 6.48. The Morgan fingerprint density at radius 1 is 0.842 bits per heavy atom. The Morgan fingerprint density at radius 2 is 1.63 bits per heavy atom. The fourth-order valence-corrected chi connectivity index (χ4v) is 2.15. The van der Waals surface area contributed by atoms with Crippen LogP contribution in [0.1, 0.15) is 11.1 Å². The number of hydrogen-bond acceptors (Lipinski definition) is 1. The van der Waals surface area contributed by atoms with Gasteiger partial charge in [-0.3, -0.25) is 4.98 Å². The summed E-state index contributed by atoms with van der Waals surface area (Å²) in [6.45, 7) is 0. The summed E-state index contributed by atoms with van der Waals surface area (Å²) in [5.41, 5.74) is 3.31. The molecule has 0 aliphatic heterocycles. The molecule has 3 rings (SSSR count). The molecule has 92 valence electrons. The maximum atomic E-state index is 5.87. The van der Waals surface area contributed by atoms with Gasteiger partial charge in [-0.2, -0.15) is 0 Å². The van der Waals surface area contributed by atoms with Gasteiger partial charge in [0.25, 0.3) is 0 Å². The molecule has 0 saturated heterocycles. The van der Waals surface area contributed by atoms with Gasteiger partial charge in [0.15, 0.2) is 0 Å². The fraction of sp³-hybridized carbons (Fsp3) is 0. The second kappa shape index (κ2) is 5.25. The SMILES string of the molecule is Clc1ccc(/C=C/c2ccnc3ccccc23)cc1. The van der Waals surface area contributed by atoms with Crippen molar-refractivity contribution >= 4 is 34.7 Å². The first kappa shape index (κ1) is 11.9. The minimum atomic E-state index is 0.756. The molecule has 1 heterocycles. The van der Waals surface area contributed by atoms with Gasteiger partial charge in [-0.05, 0) is 35.4 Å². The van der Waals surface area contributed by atoms with Crippen LogP contribution in [0.4, 0.5) is 0 Å². The third kappa shape index (κ3) is 2.67. The highest BCUT2D eigenvalue weighted by Crippen LogP contribution is 2.19. The molecule has 0 aliphatic carbocycles. The Hall–Kier alpha value is -2.12. The Kier molecular flexibility index (Phi) is 3.30. The molecule has 0 spiro atoms. The van der Waals surface area contributed by atoms with Crippen LogP contribution >= 0.6 is 11.6 Å². The van der Waals surface area contributed by atoms with Gasteiger partial charge in [-0.25, -0.2) is 0 Å². The van der Waals surface area contributed by atoms with Crippen LogP contribution < -0.4 is 0 Å². The number of halogens is 1. The highest BCUT2D eigenvalue weighted by molar-refractivity contribution is 6.30. The van der Waals surface area contributed by atoms with Crippen LogP contribution in [0.15, 0.2) is 60.8 Å². The van der Waals surface area contributed by atoms with Crippen molar-refractivity contribution < 1.29 is 0 Å². The summed E-state index contributed by atoms with van der Waals surface area (Å²) in [7, 11) is 0. The monoisotopic (exact) mass is 265 g/mol. The van der Waals surface area contributed by atoms with Crippen LogP contribution in [0.5, 0.6) is 0 Å². The zero-order chi connectivity index (χ0) is 13.1. The van der Waals surface area contributed by atoms with E-state index in [4.69, 9.17) is 11.6 Å². The lowest BCUT2D eigenvalue weighted by molar-refractivity contribution is 1.41. The number of hydrogen-bond donors (Lipinski definition) is 0. The van der Waals surface area contributed by atoms with Crippen molar-refractivity contribution in [1.29, 1.82) is 0 Å². The van der Waals surface area contributed by atoms with Crippen molar-refractivity contribution in [1.82, 2.24) is 4.98 Å². The second-order valence-electron chi connectivity index (χ2n) is 4.30. The number of benzene rings is 2. The van der Waals surface area contributed by atoms with Gasteiger partial charge < -0.3 is 0 Å². The Bertz CT molecular complexity index is 724. The van der Waals surface area contributed by atoms with Crippen molar-refractivity contribution in [3.63, 3.8) is 0 Å². The van der Waals surface area contributed by atoms with Crippen molar-refractivity contribution in [2.24, 2.45) is 0 Å². The first-order chi connectivity index (χ1) is 9.33. The van der Waals surface area contributed by atoms with Gasteiger partial charge in [-0.1, -0.05) is 54.1 Å². The molecule has 3 aromatic rings. The number of nitrogens with zero attached hydrogens (tertiary/aromatic N) is 1. The highest BCUT2D eigenvalue weighted by Gasteiger charge is 1.97. The number of rotatable bonds is 2. The largest absolute Gasteiger partial charge is 0.256 e. The van der Waals surface area contributed by atoms with Gasteiger partial charge >= 0.3 is 0 Å². The van der Waals surface area contributed by atoms with E-state index in [2.05, 4.69) is 23.2 Å². The van der Waals surface area contributed by atoms with Crippen LogP contribution in [0.2, 0.25) is 5.02 Å². The van der Waals surface area contributed by atoms with Crippen molar-refractivity contribution in [2.75, 3.05) is 0 Å². The van der Waals surface area contributed by atoms with Gasteiger partial charge in [0.1, 0.15) is 0 Å². The zero-order valence-electron chi connectivity index (χ0n) is 10.3. The molecule has 2 heteroatoms. The summed E-state index contributed by atoms with van der Waals surface area (Å²) < 4.78 is 0. The molecule has 2 aromatic carbocycles. The summed E-state index contributed by atoms with van der Waals surface area (Å²) >= 11 is 5.87. The molecule has 0 bridgehead atoms. The minimum Gasteiger partial charge on any atom is -0.256 e. The molecule has 1 nitrogen and oxygen atoms in total. The van der Waals surface area contributed by atoms with Crippen LogP contribution in [0.3, 0.4) is 0 Å². The van der Waals surface area contributed by atoms with Gasteiger partial charge in [0.05, 0.1) is 5.52 Å². The first-order valence-electron chi connectivity index (χ1n) is 6.10. The van der Waals surface area contributed by atoms with Gasteiger partial charge in [-0.15, -0.1) is 0 Å². The van der Waals surface area contributed by atoms with Crippen LogP contribution in [-0.2, 0) is 0 Å². The second-order valence-corrected chi connectivity index (χ2v) is 4.74. The van der Waals surface area contributed by atoms with Crippen molar-refractivity contribution in [3.05, 3.63) is 76.9 Å². The van der Waals surface area contributed by atoms with E-state index in [0.717, 1.165) is 21.5 Å². The molecule has 0 amide bonds. The molecule has 19 heavy (non-hydrogen) atoms. The molecule has 1 aromatic heterocycles. The summed E-state index contributed by atoms with van der Waals surface area (Å²) in [5, 5.41) is 1.92. The minimum absolute atomic E-state index is 0.756. The average molecular weight is 266 g/mol. The van der Waals surface area contributed by atoms with Gasteiger partial charge in [0.2, 0.25) is 0 Å². The van der Waals surface area contributed by atoms with Crippen LogP contribution in [0.25, 0.3) is 23.1 Å². The Labute approximate surface area is 117 Å². The Morgan fingerprint density at radius 3 is 2.47 bits per heavy atom. The Balaban J connectivity index is 1.99. The zero-order valence-corrected chi connectivity index (χ0v) is 11.0. The van der Waals surface area contributed by atoms with Crippen LogP contribution in [-0.4, -0.2) is 4.98 Å². The van der Waals surface area contributed by atoms with Crippen molar-refractivity contribution in [3.8, 4) is 0 Å². The predicted molar refractivity (Wildman–Crippen MR) is 82.1 cm³/mol. The molecular formula is C17H12ClN. The van der Waals surface area contributed by atoms with Crippen LogP contribution in [0, 0.1) is 0 Å². The summed E-state index contributed by atoms with van der Waals surface area (Å²) in [5.74, 6) is 0.